The van der Waals surface area contributed by atoms with E-state index in [-0.39, 0.29) is 0 Å². The van der Waals surface area contributed by atoms with Crippen molar-refractivity contribution in [1.29, 1.82) is 0 Å². The Labute approximate surface area is 130 Å². The summed E-state index contributed by atoms with van der Waals surface area (Å²) < 4.78 is 0. The van der Waals surface area contributed by atoms with Crippen molar-refractivity contribution in [1.82, 2.24) is 10.3 Å². The highest BCUT2D eigenvalue weighted by Crippen LogP contribution is 2.21. The van der Waals surface area contributed by atoms with Crippen LogP contribution < -0.4 is 10.2 Å². The summed E-state index contributed by atoms with van der Waals surface area (Å²) >= 11 is 0. The summed E-state index contributed by atoms with van der Waals surface area (Å²) in [4.78, 5) is 6.86. The maximum atomic E-state index is 4.45. The molecule has 1 N–H and O–H groups in total. The highest BCUT2D eigenvalue weighted by Gasteiger charge is 2.22. The van der Waals surface area contributed by atoms with E-state index >= 15 is 0 Å². The normalized spacial score (nSPS) is 17.2. The molecule has 2 rings (SSSR count). The minimum Gasteiger partial charge on any atom is -0.357 e. The van der Waals surface area contributed by atoms with E-state index in [0.717, 1.165) is 43.2 Å². The summed E-state index contributed by atoms with van der Waals surface area (Å²) in [5.41, 5.74) is 0. The first-order valence-electron chi connectivity index (χ1n) is 8.47. The third-order valence-electron chi connectivity index (χ3n) is 4.82. The zero-order chi connectivity index (χ0) is 15.2. The lowest BCUT2D eigenvalue weighted by atomic mass is 9.85. The van der Waals surface area contributed by atoms with Crippen LogP contribution in [0.1, 0.15) is 40.5 Å². The molecule has 0 aromatic carbocycles. The van der Waals surface area contributed by atoms with Crippen LogP contribution in [0, 0.1) is 17.8 Å². The fourth-order valence-corrected chi connectivity index (χ4v) is 3.40. The SMILES string of the molecule is CC(C)C(CNC1CCN(c2ccccn2)CC1)C(C)C. The molecule has 1 saturated heterocycles. The highest BCUT2D eigenvalue weighted by atomic mass is 15.2. The largest absolute Gasteiger partial charge is 0.357 e. The Morgan fingerprint density at radius 3 is 2.33 bits per heavy atom. The number of rotatable bonds is 6. The molecule has 0 saturated carbocycles. The summed E-state index contributed by atoms with van der Waals surface area (Å²) in [6, 6.07) is 6.84. The molecule has 118 valence electrons. The first-order valence-corrected chi connectivity index (χ1v) is 8.47. The molecule has 0 amide bonds. The molecule has 0 unspecified atom stereocenters. The zero-order valence-electron chi connectivity index (χ0n) is 14.0. The van der Waals surface area contributed by atoms with Crippen LogP contribution in [0.4, 0.5) is 5.82 Å². The Morgan fingerprint density at radius 1 is 1.14 bits per heavy atom. The predicted octanol–water partition coefficient (Wildman–Crippen LogP) is 3.57. The van der Waals surface area contributed by atoms with Crippen molar-refractivity contribution in [2.24, 2.45) is 17.8 Å². The van der Waals surface area contributed by atoms with Gasteiger partial charge in [0, 0.05) is 25.3 Å². The number of hydrogen-bond acceptors (Lipinski definition) is 3. The van der Waals surface area contributed by atoms with E-state index in [1.54, 1.807) is 0 Å². The van der Waals surface area contributed by atoms with E-state index in [9.17, 15) is 0 Å². The second-order valence-corrected chi connectivity index (χ2v) is 7.01. The van der Waals surface area contributed by atoms with Crippen LogP contribution in [0.15, 0.2) is 24.4 Å². The maximum absolute atomic E-state index is 4.45. The summed E-state index contributed by atoms with van der Waals surface area (Å²) in [7, 11) is 0. The molecule has 1 aromatic rings. The van der Waals surface area contributed by atoms with Gasteiger partial charge >= 0.3 is 0 Å². The predicted molar refractivity (Wildman–Crippen MR) is 90.6 cm³/mol. The molecule has 0 atom stereocenters. The van der Waals surface area contributed by atoms with Crippen molar-refractivity contribution in [3.8, 4) is 0 Å². The Balaban J connectivity index is 1.77. The molecule has 1 aromatic heterocycles. The van der Waals surface area contributed by atoms with Gasteiger partial charge in [-0.2, -0.15) is 0 Å². The molecule has 2 heterocycles. The lowest BCUT2D eigenvalue weighted by Crippen LogP contribution is -2.45. The van der Waals surface area contributed by atoms with Gasteiger partial charge in [0.2, 0.25) is 0 Å². The molecule has 0 radical (unpaired) electrons. The van der Waals surface area contributed by atoms with Crippen LogP contribution >= 0.6 is 0 Å². The molecule has 0 aliphatic carbocycles. The summed E-state index contributed by atoms with van der Waals surface area (Å²) in [5, 5.41) is 3.81. The van der Waals surface area contributed by atoms with Crippen molar-refractivity contribution in [2.45, 2.75) is 46.6 Å². The van der Waals surface area contributed by atoms with Crippen LogP contribution in [0.2, 0.25) is 0 Å². The van der Waals surface area contributed by atoms with Crippen molar-refractivity contribution < 1.29 is 0 Å². The molecule has 1 aliphatic rings. The second-order valence-electron chi connectivity index (χ2n) is 7.01. The second kappa shape index (κ2) is 7.79. The Morgan fingerprint density at radius 2 is 1.81 bits per heavy atom. The molecule has 1 aliphatic heterocycles. The van der Waals surface area contributed by atoms with Gasteiger partial charge < -0.3 is 10.2 Å². The third-order valence-corrected chi connectivity index (χ3v) is 4.82. The third kappa shape index (κ3) is 4.70. The standard InChI is InChI=1S/C18H31N3/c1-14(2)17(15(3)4)13-20-16-8-11-21(12-9-16)18-7-5-6-10-19-18/h5-7,10,14-17,20H,8-9,11-13H2,1-4H3. The van der Waals surface area contributed by atoms with Gasteiger partial charge in [-0.25, -0.2) is 4.98 Å². The van der Waals surface area contributed by atoms with Crippen LogP contribution in [0.3, 0.4) is 0 Å². The Hall–Kier alpha value is -1.09. The van der Waals surface area contributed by atoms with Gasteiger partial charge in [-0.15, -0.1) is 0 Å². The van der Waals surface area contributed by atoms with Gasteiger partial charge in [0.05, 0.1) is 0 Å². The zero-order valence-corrected chi connectivity index (χ0v) is 14.0. The fraction of sp³-hybridized carbons (Fsp3) is 0.722. The first kappa shape index (κ1) is 16.3. The van der Waals surface area contributed by atoms with Crippen molar-refractivity contribution >= 4 is 5.82 Å². The minimum atomic E-state index is 0.671. The fourth-order valence-electron chi connectivity index (χ4n) is 3.40. The first-order chi connectivity index (χ1) is 10.1. The molecular weight excluding hydrogens is 258 g/mol. The number of anilines is 1. The lowest BCUT2D eigenvalue weighted by molar-refractivity contribution is 0.257. The summed E-state index contributed by atoms with van der Waals surface area (Å²) in [5.74, 6) is 3.41. The van der Waals surface area contributed by atoms with Gasteiger partial charge in [-0.1, -0.05) is 33.8 Å². The molecule has 0 spiro atoms. The van der Waals surface area contributed by atoms with Gasteiger partial charge in [0.15, 0.2) is 0 Å². The van der Waals surface area contributed by atoms with Gasteiger partial charge in [0.25, 0.3) is 0 Å². The monoisotopic (exact) mass is 289 g/mol. The van der Waals surface area contributed by atoms with Crippen LogP contribution in [0.5, 0.6) is 0 Å². The van der Waals surface area contributed by atoms with E-state index < -0.39 is 0 Å². The number of piperidine rings is 1. The smallest absolute Gasteiger partial charge is 0.128 e. The summed E-state index contributed by atoms with van der Waals surface area (Å²) in [6.45, 7) is 12.8. The Bertz CT molecular complexity index is 386. The van der Waals surface area contributed by atoms with E-state index in [0.29, 0.717) is 6.04 Å². The number of hydrogen-bond donors (Lipinski definition) is 1. The van der Waals surface area contributed by atoms with E-state index in [1.165, 1.54) is 12.8 Å². The quantitative estimate of drug-likeness (QED) is 0.868. The van der Waals surface area contributed by atoms with Gasteiger partial charge in [-0.3, -0.25) is 0 Å². The number of nitrogens with one attached hydrogen (secondary N) is 1. The molecule has 21 heavy (non-hydrogen) atoms. The number of aromatic nitrogens is 1. The number of nitrogens with zero attached hydrogens (tertiary/aromatic N) is 2. The molecule has 0 bridgehead atoms. The molecule has 3 heteroatoms. The van der Waals surface area contributed by atoms with Crippen molar-refractivity contribution in [2.75, 3.05) is 24.5 Å². The van der Waals surface area contributed by atoms with E-state index in [2.05, 4.69) is 55.0 Å². The van der Waals surface area contributed by atoms with Crippen molar-refractivity contribution in [3.05, 3.63) is 24.4 Å². The average molecular weight is 289 g/mol. The van der Waals surface area contributed by atoms with Crippen LogP contribution in [0.25, 0.3) is 0 Å². The van der Waals surface area contributed by atoms with E-state index in [4.69, 9.17) is 0 Å². The topological polar surface area (TPSA) is 28.2 Å². The van der Waals surface area contributed by atoms with Gasteiger partial charge in [0.1, 0.15) is 5.82 Å². The van der Waals surface area contributed by atoms with Gasteiger partial charge in [-0.05, 0) is 49.3 Å². The Kier molecular flexibility index (Phi) is 6.04. The van der Waals surface area contributed by atoms with Crippen LogP contribution in [-0.2, 0) is 0 Å². The highest BCUT2D eigenvalue weighted by molar-refractivity contribution is 5.38. The minimum absolute atomic E-state index is 0.671. The van der Waals surface area contributed by atoms with E-state index in [1.807, 2.05) is 12.3 Å². The molecular formula is C18H31N3. The van der Waals surface area contributed by atoms with Crippen LogP contribution in [-0.4, -0.2) is 30.7 Å². The lowest BCUT2D eigenvalue weighted by Gasteiger charge is -2.35. The van der Waals surface area contributed by atoms with Crippen molar-refractivity contribution in [3.63, 3.8) is 0 Å². The molecule has 3 nitrogen and oxygen atoms in total. The maximum Gasteiger partial charge on any atom is 0.128 e. The summed E-state index contributed by atoms with van der Waals surface area (Å²) in [6.07, 6.45) is 4.33. The number of pyridine rings is 1. The molecule has 1 fully saturated rings. The average Bonchev–Trinajstić information content (AvgIpc) is 2.48.